The quantitative estimate of drug-likeness (QED) is 0.682. The first-order valence-corrected chi connectivity index (χ1v) is 9.88. The zero-order chi connectivity index (χ0) is 21.3. The fourth-order valence-electron chi connectivity index (χ4n) is 3.87. The van der Waals surface area contributed by atoms with Crippen LogP contribution in [-0.2, 0) is 4.79 Å². The number of rotatable bonds is 6. The normalized spacial score (nSPS) is 19.2. The summed E-state index contributed by atoms with van der Waals surface area (Å²) in [6.45, 7) is 4.50. The number of nitrogens with zero attached hydrogens (tertiary/aromatic N) is 3. The highest BCUT2D eigenvalue weighted by atomic mass is 19.1. The van der Waals surface area contributed by atoms with Crippen molar-refractivity contribution in [3.8, 4) is 11.5 Å². The van der Waals surface area contributed by atoms with Crippen molar-refractivity contribution in [3.63, 3.8) is 0 Å². The van der Waals surface area contributed by atoms with Crippen molar-refractivity contribution in [2.75, 3.05) is 44.8 Å². The Morgan fingerprint density at radius 1 is 1.10 bits per heavy atom. The molecule has 2 aromatic carbocycles. The Morgan fingerprint density at radius 3 is 2.60 bits per heavy atom. The fraction of sp³-hybridized carbons (Fsp3) is 0.364. The van der Waals surface area contributed by atoms with Crippen LogP contribution in [0.5, 0.6) is 11.5 Å². The van der Waals surface area contributed by atoms with Gasteiger partial charge in [0.1, 0.15) is 30.0 Å². The van der Waals surface area contributed by atoms with Gasteiger partial charge in [-0.1, -0.05) is 6.07 Å². The number of fused-ring (bicyclic) bond motifs is 1. The lowest BCUT2D eigenvalue weighted by Gasteiger charge is -2.35. The molecule has 1 unspecified atom stereocenters. The lowest BCUT2D eigenvalue weighted by atomic mass is 10.1. The second-order valence-corrected chi connectivity index (χ2v) is 7.44. The van der Waals surface area contributed by atoms with E-state index in [1.54, 1.807) is 29.2 Å². The molecule has 7 nitrogen and oxygen atoms in total. The van der Waals surface area contributed by atoms with E-state index in [-0.39, 0.29) is 17.8 Å². The van der Waals surface area contributed by atoms with Crippen molar-refractivity contribution >= 4 is 17.6 Å². The highest BCUT2D eigenvalue weighted by molar-refractivity contribution is 6.22. The van der Waals surface area contributed by atoms with Crippen LogP contribution in [0, 0.1) is 12.7 Å². The summed E-state index contributed by atoms with van der Waals surface area (Å²) in [6.07, 6.45) is 0. The summed E-state index contributed by atoms with van der Waals surface area (Å²) in [6, 6.07) is 10.5. The molecule has 0 saturated carbocycles. The molecule has 4 rings (SSSR count). The van der Waals surface area contributed by atoms with Gasteiger partial charge in [0.2, 0.25) is 0 Å². The van der Waals surface area contributed by atoms with Crippen LogP contribution in [0.3, 0.4) is 0 Å². The van der Waals surface area contributed by atoms with Gasteiger partial charge in [0.05, 0.1) is 12.8 Å². The summed E-state index contributed by atoms with van der Waals surface area (Å²) in [5.74, 6) is 0.539. The van der Waals surface area contributed by atoms with Crippen LogP contribution >= 0.6 is 0 Å². The topological polar surface area (TPSA) is 62.3 Å². The molecule has 158 valence electrons. The summed E-state index contributed by atoms with van der Waals surface area (Å²) < 4.78 is 24.0. The third kappa shape index (κ3) is 3.82. The van der Waals surface area contributed by atoms with Crippen LogP contribution in [0.25, 0.3) is 0 Å². The van der Waals surface area contributed by atoms with E-state index in [2.05, 4.69) is 4.90 Å². The van der Waals surface area contributed by atoms with Gasteiger partial charge in [0.25, 0.3) is 5.91 Å². The molecule has 2 saturated heterocycles. The number of halogens is 1. The molecule has 0 aromatic heterocycles. The minimum Gasteiger partial charge on any atom is -0.495 e. The first kappa shape index (κ1) is 20.2. The maximum atomic E-state index is 13.1. The standard InChI is InChI=1S/C22H24FN3O4/c1-15-3-8-20(29-2)18(13-15)26-21(27)19-14-24(9-10-25(19)22(26)28)11-12-30-17-6-4-16(23)5-7-17/h3-8,13,19H,9-12,14H2,1-2H3. The number of carbonyl (C=O) groups is 2. The molecule has 8 heteroatoms. The van der Waals surface area contributed by atoms with Crippen molar-refractivity contribution in [3.05, 3.63) is 53.8 Å². The molecule has 2 aliphatic rings. The van der Waals surface area contributed by atoms with Crippen molar-refractivity contribution in [2.24, 2.45) is 0 Å². The van der Waals surface area contributed by atoms with Gasteiger partial charge in [-0.25, -0.2) is 14.1 Å². The van der Waals surface area contributed by atoms with Crippen LogP contribution < -0.4 is 14.4 Å². The maximum absolute atomic E-state index is 13.1. The number of hydrogen-bond acceptors (Lipinski definition) is 5. The Hall–Kier alpha value is -3.13. The van der Waals surface area contributed by atoms with E-state index in [1.165, 1.54) is 24.1 Å². The number of anilines is 1. The summed E-state index contributed by atoms with van der Waals surface area (Å²) >= 11 is 0. The Labute approximate surface area is 174 Å². The van der Waals surface area contributed by atoms with Gasteiger partial charge in [-0.2, -0.15) is 0 Å². The van der Waals surface area contributed by atoms with E-state index < -0.39 is 6.04 Å². The van der Waals surface area contributed by atoms with Gasteiger partial charge in [-0.3, -0.25) is 9.69 Å². The molecular formula is C22H24FN3O4. The predicted molar refractivity (Wildman–Crippen MR) is 109 cm³/mol. The minimum atomic E-state index is -0.526. The maximum Gasteiger partial charge on any atom is 0.332 e. The lowest BCUT2D eigenvalue weighted by molar-refractivity contribution is -0.121. The number of piperazine rings is 1. The molecule has 0 spiro atoms. The molecule has 30 heavy (non-hydrogen) atoms. The van der Waals surface area contributed by atoms with Crippen molar-refractivity contribution in [2.45, 2.75) is 13.0 Å². The fourth-order valence-corrected chi connectivity index (χ4v) is 3.87. The van der Waals surface area contributed by atoms with Crippen LogP contribution in [0.4, 0.5) is 14.9 Å². The molecule has 3 amide bonds. The zero-order valence-corrected chi connectivity index (χ0v) is 17.0. The van der Waals surface area contributed by atoms with Gasteiger partial charge in [-0.15, -0.1) is 0 Å². The minimum absolute atomic E-state index is 0.243. The Bertz CT molecular complexity index is 950. The Morgan fingerprint density at radius 2 is 1.87 bits per heavy atom. The highest BCUT2D eigenvalue weighted by Gasteiger charge is 2.48. The third-order valence-electron chi connectivity index (χ3n) is 5.47. The Balaban J connectivity index is 1.42. The SMILES string of the molecule is COc1ccc(C)cc1N1C(=O)C2CN(CCOc3ccc(F)cc3)CCN2C1=O. The predicted octanol–water partition coefficient (Wildman–Crippen LogP) is 2.67. The largest absolute Gasteiger partial charge is 0.495 e. The average Bonchev–Trinajstić information content (AvgIpc) is 2.99. The number of urea groups is 1. The molecule has 0 aliphatic carbocycles. The lowest BCUT2D eigenvalue weighted by Crippen LogP contribution is -2.53. The molecule has 2 aromatic rings. The van der Waals surface area contributed by atoms with E-state index in [4.69, 9.17) is 9.47 Å². The first-order chi connectivity index (χ1) is 14.5. The monoisotopic (exact) mass is 413 g/mol. The van der Waals surface area contributed by atoms with Crippen molar-refractivity contribution < 1.29 is 23.5 Å². The summed E-state index contributed by atoms with van der Waals surface area (Å²) in [4.78, 5) is 31.0. The van der Waals surface area contributed by atoms with E-state index >= 15 is 0 Å². The smallest absolute Gasteiger partial charge is 0.332 e. The third-order valence-corrected chi connectivity index (χ3v) is 5.47. The van der Waals surface area contributed by atoms with E-state index in [0.29, 0.717) is 50.0 Å². The molecule has 1 atom stereocenters. The highest BCUT2D eigenvalue weighted by Crippen LogP contribution is 2.35. The van der Waals surface area contributed by atoms with Gasteiger partial charge in [0.15, 0.2) is 0 Å². The van der Waals surface area contributed by atoms with Crippen LogP contribution in [0.15, 0.2) is 42.5 Å². The average molecular weight is 413 g/mol. The molecular weight excluding hydrogens is 389 g/mol. The number of hydrogen-bond donors (Lipinski definition) is 0. The molecule has 2 heterocycles. The molecule has 0 radical (unpaired) electrons. The van der Waals surface area contributed by atoms with Crippen LogP contribution in [0.1, 0.15) is 5.56 Å². The van der Waals surface area contributed by atoms with Gasteiger partial charge < -0.3 is 14.4 Å². The van der Waals surface area contributed by atoms with E-state index in [0.717, 1.165) is 5.56 Å². The number of ether oxygens (including phenoxy) is 2. The second kappa shape index (κ2) is 8.31. The van der Waals surface area contributed by atoms with E-state index in [9.17, 15) is 14.0 Å². The number of aryl methyl sites for hydroxylation is 1. The van der Waals surface area contributed by atoms with Gasteiger partial charge >= 0.3 is 6.03 Å². The van der Waals surface area contributed by atoms with Crippen LogP contribution in [-0.4, -0.2) is 67.7 Å². The van der Waals surface area contributed by atoms with Crippen LogP contribution in [0.2, 0.25) is 0 Å². The van der Waals surface area contributed by atoms with Gasteiger partial charge in [0, 0.05) is 26.2 Å². The summed E-state index contributed by atoms with van der Waals surface area (Å²) in [5, 5.41) is 0. The molecule has 0 bridgehead atoms. The number of imide groups is 1. The summed E-state index contributed by atoms with van der Waals surface area (Å²) in [5.41, 5.74) is 1.42. The van der Waals surface area contributed by atoms with E-state index in [1.807, 2.05) is 13.0 Å². The Kier molecular flexibility index (Phi) is 5.59. The second-order valence-electron chi connectivity index (χ2n) is 7.44. The first-order valence-electron chi connectivity index (χ1n) is 9.88. The molecule has 0 N–H and O–H groups in total. The number of carbonyl (C=O) groups excluding carboxylic acids is 2. The summed E-state index contributed by atoms with van der Waals surface area (Å²) in [7, 11) is 1.52. The number of amides is 3. The molecule has 2 aliphatic heterocycles. The van der Waals surface area contributed by atoms with Gasteiger partial charge in [-0.05, 0) is 48.9 Å². The number of methoxy groups -OCH3 is 1. The van der Waals surface area contributed by atoms with Crippen molar-refractivity contribution in [1.82, 2.24) is 9.80 Å². The molecule has 2 fully saturated rings. The number of benzene rings is 2. The van der Waals surface area contributed by atoms with Crippen molar-refractivity contribution in [1.29, 1.82) is 0 Å². The zero-order valence-electron chi connectivity index (χ0n) is 17.0.